The third-order valence-corrected chi connectivity index (χ3v) is 3.94. The summed E-state index contributed by atoms with van der Waals surface area (Å²) in [5.74, 6) is -0.0698. The fourth-order valence-electron chi connectivity index (χ4n) is 2.76. The van der Waals surface area contributed by atoms with E-state index in [2.05, 4.69) is 39.8 Å². The van der Waals surface area contributed by atoms with E-state index < -0.39 is 0 Å². The van der Waals surface area contributed by atoms with Gasteiger partial charge in [0, 0.05) is 43.6 Å². The number of hydrogen-bond donors (Lipinski definition) is 2. The number of nitrogens with zero attached hydrogens (tertiary/aromatic N) is 1. The molecule has 24 heavy (non-hydrogen) atoms. The zero-order valence-corrected chi connectivity index (χ0v) is 13.9. The van der Waals surface area contributed by atoms with E-state index in [0.717, 1.165) is 49.9 Å². The van der Waals surface area contributed by atoms with Gasteiger partial charge in [-0.1, -0.05) is 18.2 Å². The van der Waals surface area contributed by atoms with E-state index in [0.29, 0.717) is 0 Å². The summed E-state index contributed by atoms with van der Waals surface area (Å²) in [7, 11) is 0. The number of rotatable bonds is 5. The largest absolute Gasteiger partial charge is 0.379 e. The first-order valence-corrected chi connectivity index (χ1v) is 8.23. The van der Waals surface area contributed by atoms with Crippen LogP contribution in [0.15, 0.2) is 48.5 Å². The van der Waals surface area contributed by atoms with Crippen LogP contribution in [0.4, 0.5) is 17.1 Å². The Bertz CT molecular complexity index is 679. The van der Waals surface area contributed by atoms with E-state index >= 15 is 0 Å². The fourth-order valence-corrected chi connectivity index (χ4v) is 2.76. The molecule has 0 spiro atoms. The van der Waals surface area contributed by atoms with E-state index in [-0.39, 0.29) is 5.91 Å². The van der Waals surface area contributed by atoms with E-state index in [4.69, 9.17) is 4.74 Å². The van der Waals surface area contributed by atoms with Crippen LogP contribution in [0.1, 0.15) is 12.5 Å². The molecule has 1 aliphatic rings. The van der Waals surface area contributed by atoms with Crippen LogP contribution in [0, 0.1) is 0 Å². The highest BCUT2D eigenvalue weighted by molar-refractivity contribution is 5.89. The van der Waals surface area contributed by atoms with E-state index in [1.54, 1.807) is 0 Å². The van der Waals surface area contributed by atoms with Crippen molar-refractivity contribution in [1.29, 1.82) is 0 Å². The predicted octanol–water partition coefficient (Wildman–Crippen LogP) is 3.22. The lowest BCUT2D eigenvalue weighted by Gasteiger charge is -2.26. The van der Waals surface area contributed by atoms with Crippen LogP contribution in [-0.4, -0.2) is 37.1 Å². The number of carbonyl (C=O) groups is 1. The van der Waals surface area contributed by atoms with Gasteiger partial charge in [-0.3, -0.25) is 9.69 Å². The molecular formula is C19H23N3O2. The van der Waals surface area contributed by atoms with Gasteiger partial charge in [0.25, 0.3) is 0 Å². The van der Waals surface area contributed by atoms with Crippen molar-refractivity contribution < 1.29 is 9.53 Å². The van der Waals surface area contributed by atoms with Crippen molar-refractivity contribution in [2.75, 3.05) is 36.9 Å². The first-order valence-electron chi connectivity index (χ1n) is 8.23. The number of amides is 1. The van der Waals surface area contributed by atoms with Gasteiger partial charge >= 0.3 is 0 Å². The van der Waals surface area contributed by atoms with Gasteiger partial charge in [0.2, 0.25) is 5.91 Å². The number of carbonyl (C=O) groups excluding carboxylic acids is 1. The normalized spacial score (nSPS) is 15.0. The van der Waals surface area contributed by atoms with Crippen molar-refractivity contribution >= 4 is 23.0 Å². The minimum Gasteiger partial charge on any atom is -0.379 e. The van der Waals surface area contributed by atoms with Gasteiger partial charge in [-0.05, 0) is 35.9 Å². The number of morpholine rings is 1. The maximum Gasteiger partial charge on any atom is 0.221 e. The van der Waals surface area contributed by atoms with Crippen molar-refractivity contribution in [3.05, 3.63) is 54.1 Å². The standard InChI is InChI=1S/C19H23N3O2/c1-15(23)20-18-3-2-4-19(13-18)21-17-7-5-16(6-8-17)14-22-9-11-24-12-10-22/h2-8,13,21H,9-12,14H2,1H3,(H,20,23). The Morgan fingerprint density at radius 2 is 1.75 bits per heavy atom. The average molecular weight is 325 g/mol. The van der Waals surface area contributed by atoms with Crippen molar-refractivity contribution in [2.45, 2.75) is 13.5 Å². The summed E-state index contributed by atoms with van der Waals surface area (Å²) < 4.78 is 5.38. The van der Waals surface area contributed by atoms with Crippen molar-refractivity contribution in [2.24, 2.45) is 0 Å². The summed E-state index contributed by atoms with van der Waals surface area (Å²) in [6, 6.07) is 16.2. The number of benzene rings is 2. The molecule has 2 aromatic rings. The highest BCUT2D eigenvalue weighted by atomic mass is 16.5. The molecule has 1 aliphatic heterocycles. The average Bonchev–Trinajstić information content (AvgIpc) is 2.57. The molecule has 0 unspecified atom stereocenters. The lowest BCUT2D eigenvalue weighted by molar-refractivity contribution is -0.114. The topological polar surface area (TPSA) is 53.6 Å². The molecule has 0 aromatic heterocycles. The maximum absolute atomic E-state index is 11.1. The first kappa shape index (κ1) is 16.5. The van der Waals surface area contributed by atoms with Gasteiger partial charge in [0.05, 0.1) is 13.2 Å². The van der Waals surface area contributed by atoms with E-state index in [1.807, 2.05) is 24.3 Å². The lowest BCUT2D eigenvalue weighted by atomic mass is 10.2. The van der Waals surface area contributed by atoms with Crippen molar-refractivity contribution in [3.8, 4) is 0 Å². The lowest BCUT2D eigenvalue weighted by Crippen LogP contribution is -2.35. The molecule has 2 N–H and O–H groups in total. The number of nitrogens with one attached hydrogen (secondary N) is 2. The highest BCUT2D eigenvalue weighted by Crippen LogP contribution is 2.21. The zero-order valence-electron chi connectivity index (χ0n) is 13.9. The maximum atomic E-state index is 11.1. The second-order valence-corrected chi connectivity index (χ2v) is 5.97. The molecule has 2 aromatic carbocycles. The van der Waals surface area contributed by atoms with Crippen LogP contribution in [0.3, 0.4) is 0 Å². The molecule has 1 fully saturated rings. The van der Waals surface area contributed by atoms with E-state index in [1.165, 1.54) is 12.5 Å². The van der Waals surface area contributed by atoms with Crippen LogP contribution in [-0.2, 0) is 16.1 Å². The molecule has 5 heteroatoms. The molecular weight excluding hydrogens is 302 g/mol. The SMILES string of the molecule is CC(=O)Nc1cccc(Nc2ccc(CN3CCOCC3)cc2)c1. The van der Waals surface area contributed by atoms with Gasteiger partial charge < -0.3 is 15.4 Å². The van der Waals surface area contributed by atoms with Crippen molar-refractivity contribution in [1.82, 2.24) is 4.90 Å². The second kappa shape index (κ2) is 7.95. The summed E-state index contributed by atoms with van der Waals surface area (Å²) in [5, 5.41) is 6.15. The summed E-state index contributed by atoms with van der Waals surface area (Å²) in [4.78, 5) is 13.5. The fraction of sp³-hybridized carbons (Fsp3) is 0.316. The Balaban J connectivity index is 1.60. The third kappa shape index (κ3) is 4.81. The van der Waals surface area contributed by atoms with Crippen LogP contribution in [0.2, 0.25) is 0 Å². The van der Waals surface area contributed by atoms with Crippen LogP contribution in [0.5, 0.6) is 0 Å². The van der Waals surface area contributed by atoms with Gasteiger partial charge in [-0.15, -0.1) is 0 Å². The monoisotopic (exact) mass is 325 g/mol. The Kier molecular flexibility index (Phi) is 5.46. The van der Waals surface area contributed by atoms with Crippen LogP contribution >= 0.6 is 0 Å². The minimum atomic E-state index is -0.0698. The third-order valence-electron chi connectivity index (χ3n) is 3.94. The Hall–Kier alpha value is -2.37. The minimum absolute atomic E-state index is 0.0698. The molecule has 0 radical (unpaired) electrons. The molecule has 126 valence electrons. The van der Waals surface area contributed by atoms with Gasteiger partial charge in [-0.25, -0.2) is 0 Å². The molecule has 3 rings (SSSR count). The summed E-state index contributed by atoms with van der Waals surface area (Å²) in [5.41, 5.74) is 4.06. The predicted molar refractivity (Wildman–Crippen MR) is 96.6 cm³/mol. The Morgan fingerprint density at radius 3 is 2.46 bits per heavy atom. The molecule has 0 bridgehead atoms. The Morgan fingerprint density at radius 1 is 1.04 bits per heavy atom. The summed E-state index contributed by atoms with van der Waals surface area (Å²) in [6.45, 7) is 6.11. The van der Waals surface area contributed by atoms with Gasteiger partial charge in [-0.2, -0.15) is 0 Å². The van der Waals surface area contributed by atoms with E-state index in [9.17, 15) is 4.79 Å². The molecule has 0 atom stereocenters. The molecule has 0 saturated carbocycles. The Labute approximate surface area is 142 Å². The summed E-state index contributed by atoms with van der Waals surface area (Å²) >= 11 is 0. The van der Waals surface area contributed by atoms with Crippen LogP contribution < -0.4 is 10.6 Å². The van der Waals surface area contributed by atoms with Crippen molar-refractivity contribution in [3.63, 3.8) is 0 Å². The quantitative estimate of drug-likeness (QED) is 0.886. The number of anilines is 3. The summed E-state index contributed by atoms with van der Waals surface area (Å²) in [6.07, 6.45) is 0. The molecule has 0 aliphatic carbocycles. The highest BCUT2D eigenvalue weighted by Gasteiger charge is 2.10. The molecule has 1 saturated heterocycles. The number of ether oxygens (including phenoxy) is 1. The molecule has 1 amide bonds. The zero-order chi connectivity index (χ0) is 16.8. The van der Waals surface area contributed by atoms with Crippen LogP contribution in [0.25, 0.3) is 0 Å². The second-order valence-electron chi connectivity index (χ2n) is 5.97. The van der Waals surface area contributed by atoms with Gasteiger partial charge in [0.1, 0.15) is 0 Å². The first-order chi connectivity index (χ1) is 11.7. The molecule has 1 heterocycles. The van der Waals surface area contributed by atoms with Gasteiger partial charge in [0.15, 0.2) is 0 Å². The smallest absolute Gasteiger partial charge is 0.221 e. The molecule has 5 nitrogen and oxygen atoms in total. The number of hydrogen-bond acceptors (Lipinski definition) is 4.